The molecule has 0 unspecified atom stereocenters. The summed E-state index contributed by atoms with van der Waals surface area (Å²) in [6.45, 7) is 0.815. The predicted octanol–water partition coefficient (Wildman–Crippen LogP) is 0.0759. The van der Waals surface area contributed by atoms with Crippen molar-refractivity contribution in [2.24, 2.45) is 0 Å². The van der Waals surface area contributed by atoms with E-state index < -0.39 is 11.3 Å². The van der Waals surface area contributed by atoms with E-state index in [9.17, 15) is 14.7 Å². The van der Waals surface area contributed by atoms with Gasteiger partial charge in [-0.25, -0.2) is 9.78 Å². The van der Waals surface area contributed by atoms with Gasteiger partial charge < -0.3 is 14.7 Å². The van der Waals surface area contributed by atoms with Crippen molar-refractivity contribution in [2.45, 2.75) is 18.6 Å². The maximum absolute atomic E-state index is 12.6. The summed E-state index contributed by atoms with van der Waals surface area (Å²) in [6, 6.07) is 11.3. The number of ether oxygens (including phenoxy) is 1. The zero-order chi connectivity index (χ0) is 17.7. The van der Waals surface area contributed by atoms with Gasteiger partial charge in [-0.1, -0.05) is 30.3 Å². The van der Waals surface area contributed by atoms with E-state index >= 15 is 0 Å². The quantitative estimate of drug-likeness (QED) is 0.831. The smallest absolute Gasteiger partial charge is 0.347 e. The van der Waals surface area contributed by atoms with Crippen LogP contribution in [0.25, 0.3) is 0 Å². The molecular formula is C18H21N3O4. The minimum absolute atomic E-state index is 0.0699. The van der Waals surface area contributed by atoms with E-state index in [1.54, 1.807) is 11.0 Å². The second-order valence-electron chi connectivity index (χ2n) is 6.20. The van der Waals surface area contributed by atoms with E-state index in [4.69, 9.17) is 4.74 Å². The van der Waals surface area contributed by atoms with Gasteiger partial charge in [0.25, 0.3) is 0 Å². The summed E-state index contributed by atoms with van der Waals surface area (Å²) in [4.78, 5) is 29.5. The number of aliphatic hydroxyl groups is 1. The number of aromatic nitrogens is 2. The third kappa shape index (κ3) is 4.12. The lowest BCUT2D eigenvalue weighted by Crippen LogP contribution is -2.57. The fourth-order valence-corrected chi connectivity index (χ4v) is 3.04. The number of rotatable bonds is 5. The first kappa shape index (κ1) is 17.3. The van der Waals surface area contributed by atoms with Gasteiger partial charge in [0.15, 0.2) is 0 Å². The van der Waals surface area contributed by atoms with Crippen LogP contribution in [-0.2, 0) is 22.5 Å². The van der Waals surface area contributed by atoms with Crippen LogP contribution in [-0.4, -0.2) is 57.4 Å². The molecule has 25 heavy (non-hydrogen) atoms. The Balaban J connectivity index is 1.71. The molecule has 0 aliphatic carbocycles. The second-order valence-corrected chi connectivity index (χ2v) is 6.20. The summed E-state index contributed by atoms with van der Waals surface area (Å²) in [5.41, 5.74) is -0.244. The second kappa shape index (κ2) is 7.58. The van der Waals surface area contributed by atoms with Crippen LogP contribution < -0.4 is 5.69 Å². The van der Waals surface area contributed by atoms with Gasteiger partial charge in [0.2, 0.25) is 5.91 Å². The lowest BCUT2D eigenvalue weighted by molar-refractivity contribution is -0.158. The monoisotopic (exact) mass is 343 g/mol. The molecule has 7 nitrogen and oxygen atoms in total. The highest BCUT2D eigenvalue weighted by molar-refractivity contribution is 5.76. The molecule has 1 aromatic heterocycles. The van der Waals surface area contributed by atoms with E-state index in [2.05, 4.69) is 4.98 Å². The minimum Gasteiger partial charge on any atom is -0.393 e. The molecule has 1 aromatic carbocycles. The van der Waals surface area contributed by atoms with Crippen molar-refractivity contribution in [3.63, 3.8) is 0 Å². The van der Waals surface area contributed by atoms with Gasteiger partial charge >= 0.3 is 5.69 Å². The van der Waals surface area contributed by atoms with Crippen LogP contribution in [0.4, 0.5) is 0 Å². The van der Waals surface area contributed by atoms with Crippen molar-refractivity contribution in [3.05, 3.63) is 64.8 Å². The zero-order valence-corrected chi connectivity index (χ0v) is 13.9. The number of hydrogen-bond donors (Lipinski definition) is 1. The highest BCUT2D eigenvalue weighted by Crippen LogP contribution is 2.23. The van der Waals surface area contributed by atoms with Crippen molar-refractivity contribution in [1.29, 1.82) is 0 Å². The lowest BCUT2D eigenvalue weighted by atomic mass is 9.93. The molecule has 0 saturated carbocycles. The van der Waals surface area contributed by atoms with Gasteiger partial charge in [0.1, 0.15) is 12.1 Å². The molecule has 2 aromatic rings. The highest BCUT2D eigenvalue weighted by Gasteiger charge is 2.38. The Morgan fingerprint density at radius 1 is 1.28 bits per heavy atom. The summed E-state index contributed by atoms with van der Waals surface area (Å²) < 4.78 is 7.12. The fourth-order valence-electron chi connectivity index (χ4n) is 3.04. The average Bonchev–Trinajstić information content (AvgIpc) is 2.64. The Hall–Kier alpha value is -2.51. The molecular weight excluding hydrogens is 322 g/mol. The van der Waals surface area contributed by atoms with E-state index in [1.807, 2.05) is 30.3 Å². The topological polar surface area (TPSA) is 84.7 Å². The van der Waals surface area contributed by atoms with Gasteiger partial charge in [0, 0.05) is 25.4 Å². The summed E-state index contributed by atoms with van der Waals surface area (Å²) in [6.07, 6.45) is 3.45. The molecule has 1 atom stereocenters. The maximum atomic E-state index is 12.6. The van der Waals surface area contributed by atoms with Crippen LogP contribution in [0.2, 0.25) is 0 Å². The first-order valence-corrected chi connectivity index (χ1v) is 8.20. The van der Waals surface area contributed by atoms with Gasteiger partial charge in [0.05, 0.1) is 19.8 Å². The van der Waals surface area contributed by atoms with Crippen LogP contribution in [0.3, 0.4) is 0 Å². The van der Waals surface area contributed by atoms with Crippen LogP contribution in [0.1, 0.15) is 5.56 Å². The van der Waals surface area contributed by atoms with Crippen molar-refractivity contribution in [1.82, 2.24) is 14.5 Å². The summed E-state index contributed by atoms with van der Waals surface area (Å²) in [5.74, 6) is -0.190. The van der Waals surface area contributed by atoms with E-state index in [0.717, 1.165) is 5.56 Å². The molecule has 1 fully saturated rings. The van der Waals surface area contributed by atoms with Crippen molar-refractivity contribution >= 4 is 5.91 Å². The molecule has 3 rings (SSSR count). The number of benzene rings is 1. The molecule has 0 spiro atoms. The molecule has 1 N–H and O–H groups in total. The number of morpholine rings is 1. The Labute approximate surface area is 145 Å². The molecule has 2 heterocycles. The maximum Gasteiger partial charge on any atom is 0.347 e. The molecule has 0 radical (unpaired) electrons. The number of hydrogen-bond acceptors (Lipinski definition) is 5. The largest absolute Gasteiger partial charge is 0.393 e. The third-order valence-electron chi connectivity index (χ3n) is 4.35. The normalized spacial score (nSPS) is 20.4. The molecule has 132 valence electrons. The molecule has 1 amide bonds. The number of amides is 1. The summed E-state index contributed by atoms with van der Waals surface area (Å²) in [5, 5.41) is 9.91. The first-order chi connectivity index (χ1) is 12.1. The van der Waals surface area contributed by atoms with Gasteiger partial charge in [-0.15, -0.1) is 0 Å². The molecule has 0 bridgehead atoms. The standard InChI is InChI=1S/C18H21N3O4/c22-14-18(11-15-5-2-1-3-6-15)13-21(9-10-25-18)16(23)12-20-8-4-7-19-17(20)24/h1-8,22H,9-14H2/t18-/m0/s1. The van der Waals surface area contributed by atoms with Crippen molar-refractivity contribution in [2.75, 3.05) is 26.3 Å². The van der Waals surface area contributed by atoms with E-state index in [0.29, 0.717) is 19.6 Å². The van der Waals surface area contributed by atoms with Gasteiger partial charge in [-0.2, -0.15) is 0 Å². The van der Waals surface area contributed by atoms with E-state index in [1.165, 1.54) is 17.0 Å². The minimum atomic E-state index is -0.824. The van der Waals surface area contributed by atoms with Crippen LogP contribution >= 0.6 is 0 Å². The van der Waals surface area contributed by atoms with Crippen molar-refractivity contribution < 1.29 is 14.6 Å². The zero-order valence-electron chi connectivity index (χ0n) is 13.9. The summed E-state index contributed by atoms with van der Waals surface area (Å²) >= 11 is 0. The Bertz CT molecular complexity index is 777. The number of carbonyl (C=O) groups excluding carboxylic acids is 1. The van der Waals surface area contributed by atoms with Gasteiger partial charge in [-0.3, -0.25) is 9.36 Å². The number of nitrogens with zero attached hydrogens (tertiary/aromatic N) is 3. The molecule has 7 heteroatoms. The number of aliphatic hydroxyl groups excluding tert-OH is 1. The summed E-state index contributed by atoms with van der Waals surface area (Å²) in [7, 11) is 0. The molecule has 1 saturated heterocycles. The first-order valence-electron chi connectivity index (χ1n) is 8.20. The van der Waals surface area contributed by atoms with Crippen LogP contribution in [0.15, 0.2) is 53.6 Å². The Morgan fingerprint density at radius 3 is 2.80 bits per heavy atom. The Kier molecular flexibility index (Phi) is 5.25. The molecule has 1 aliphatic heterocycles. The fraction of sp³-hybridized carbons (Fsp3) is 0.389. The average molecular weight is 343 g/mol. The van der Waals surface area contributed by atoms with E-state index in [-0.39, 0.29) is 25.6 Å². The highest BCUT2D eigenvalue weighted by atomic mass is 16.5. The van der Waals surface area contributed by atoms with Crippen LogP contribution in [0.5, 0.6) is 0 Å². The lowest BCUT2D eigenvalue weighted by Gasteiger charge is -2.42. The molecule has 1 aliphatic rings. The SMILES string of the molecule is O=C(Cn1cccnc1=O)N1CCO[C@@](CO)(Cc2ccccc2)C1. The number of carbonyl (C=O) groups is 1. The van der Waals surface area contributed by atoms with Gasteiger partial charge in [-0.05, 0) is 11.6 Å². The Morgan fingerprint density at radius 2 is 2.08 bits per heavy atom. The predicted molar refractivity (Wildman–Crippen MR) is 91.0 cm³/mol. The van der Waals surface area contributed by atoms with Crippen LogP contribution in [0, 0.1) is 0 Å². The third-order valence-corrected chi connectivity index (χ3v) is 4.35. The van der Waals surface area contributed by atoms with Crippen molar-refractivity contribution in [3.8, 4) is 0 Å².